The number of halogens is 3. The van der Waals surface area contributed by atoms with E-state index in [1.807, 2.05) is 0 Å². The molecular formula is C21H19BF3N4O4S-. The Kier molecular flexibility index (Phi) is 5.55. The molecule has 0 saturated carbocycles. The SMILES string of the molecule is CC(C)(C)OC(=O)n1cc(-c2cnc3c(c2)c([B-](F)(F)F)cn3S(=O)(=O)c2ccccc2)cn1. The predicted octanol–water partition coefficient (Wildman–Crippen LogP) is 3.97. The summed E-state index contributed by atoms with van der Waals surface area (Å²) >= 11 is 0. The number of benzene rings is 1. The Morgan fingerprint density at radius 2 is 1.71 bits per heavy atom. The van der Waals surface area contributed by atoms with Crippen LogP contribution in [0.5, 0.6) is 0 Å². The standard InChI is InChI=1S/C21H19BF3N4O4S/c1-21(2,3)33-20(30)28-12-15(11-27-28)14-9-17-18(22(23,24)25)13-29(19(17)26-10-14)34(31,32)16-7-5-4-6-8-16/h4-13H,1-3H3/q-1. The second-order valence-corrected chi connectivity index (χ2v) is 10.3. The molecule has 4 rings (SSSR count). The van der Waals surface area contributed by atoms with Gasteiger partial charge >= 0.3 is 13.1 Å². The van der Waals surface area contributed by atoms with E-state index in [4.69, 9.17) is 4.74 Å². The maximum atomic E-state index is 13.9. The van der Waals surface area contributed by atoms with Crippen molar-refractivity contribution in [3.8, 4) is 11.1 Å². The van der Waals surface area contributed by atoms with Crippen LogP contribution >= 0.6 is 0 Å². The van der Waals surface area contributed by atoms with Crippen LogP contribution in [-0.2, 0) is 14.8 Å². The van der Waals surface area contributed by atoms with E-state index in [1.54, 1.807) is 26.8 Å². The number of ether oxygens (including phenoxy) is 1. The van der Waals surface area contributed by atoms with Gasteiger partial charge in [-0.15, -0.1) is 0 Å². The average Bonchev–Trinajstić information content (AvgIpc) is 3.38. The number of pyridine rings is 1. The summed E-state index contributed by atoms with van der Waals surface area (Å²) in [6.45, 7) is -0.511. The summed E-state index contributed by atoms with van der Waals surface area (Å²) in [5.74, 6) is 0. The Labute approximate surface area is 193 Å². The van der Waals surface area contributed by atoms with Crippen molar-refractivity contribution < 1.29 is 30.9 Å². The molecule has 0 aliphatic rings. The van der Waals surface area contributed by atoms with Gasteiger partial charge in [0, 0.05) is 23.5 Å². The zero-order chi connectivity index (χ0) is 24.9. The molecule has 1 aromatic carbocycles. The van der Waals surface area contributed by atoms with E-state index in [-0.39, 0.29) is 21.5 Å². The van der Waals surface area contributed by atoms with Gasteiger partial charge in [0.2, 0.25) is 0 Å². The monoisotopic (exact) mass is 491 g/mol. The molecule has 0 amide bonds. The third kappa shape index (κ3) is 4.43. The zero-order valence-corrected chi connectivity index (χ0v) is 19.1. The van der Waals surface area contributed by atoms with Gasteiger partial charge in [0.25, 0.3) is 10.0 Å². The van der Waals surface area contributed by atoms with Crippen LogP contribution in [0, 0.1) is 0 Å². The highest BCUT2D eigenvalue weighted by Crippen LogP contribution is 2.27. The van der Waals surface area contributed by atoms with Crippen LogP contribution in [0.1, 0.15) is 20.8 Å². The molecule has 0 unspecified atom stereocenters. The molecule has 0 spiro atoms. The van der Waals surface area contributed by atoms with E-state index in [1.165, 1.54) is 48.9 Å². The normalized spacial score (nSPS) is 12.8. The lowest BCUT2D eigenvalue weighted by molar-refractivity contribution is 0.0514. The topological polar surface area (TPSA) is 96.1 Å². The lowest BCUT2D eigenvalue weighted by Gasteiger charge is -2.18. The van der Waals surface area contributed by atoms with Crippen LogP contribution in [0.15, 0.2) is 66.1 Å². The van der Waals surface area contributed by atoms with Gasteiger partial charge in [0.05, 0.1) is 11.1 Å². The fourth-order valence-corrected chi connectivity index (χ4v) is 4.64. The first-order valence-electron chi connectivity index (χ1n) is 10.1. The number of hydrogen-bond donors (Lipinski definition) is 0. The highest BCUT2D eigenvalue weighted by Gasteiger charge is 2.33. The smallest absolute Gasteiger partial charge is 0.445 e. The summed E-state index contributed by atoms with van der Waals surface area (Å²) in [5.41, 5.74) is -1.69. The Hall–Kier alpha value is -3.61. The first kappa shape index (κ1) is 23.5. The molecule has 4 aromatic rings. The number of carbonyl (C=O) groups is 1. The van der Waals surface area contributed by atoms with Crippen molar-refractivity contribution in [3.63, 3.8) is 0 Å². The molecule has 13 heteroatoms. The van der Waals surface area contributed by atoms with Gasteiger partial charge in [-0.1, -0.05) is 23.7 Å². The van der Waals surface area contributed by atoms with E-state index in [9.17, 15) is 26.2 Å². The molecule has 0 aliphatic carbocycles. The minimum absolute atomic E-state index is 0.169. The zero-order valence-electron chi connectivity index (χ0n) is 18.3. The van der Waals surface area contributed by atoms with Crippen molar-refractivity contribution in [3.05, 3.63) is 61.2 Å². The van der Waals surface area contributed by atoms with Gasteiger partial charge in [-0.25, -0.2) is 22.2 Å². The van der Waals surface area contributed by atoms with Crippen LogP contribution in [0.4, 0.5) is 17.7 Å². The largest absolute Gasteiger partial charge is 0.511 e. The molecule has 3 heterocycles. The van der Waals surface area contributed by atoms with Crippen molar-refractivity contribution >= 4 is 39.6 Å². The summed E-state index contributed by atoms with van der Waals surface area (Å²) < 4.78 is 74.4. The Morgan fingerprint density at radius 3 is 2.32 bits per heavy atom. The Balaban J connectivity index is 1.83. The molecule has 0 aliphatic heterocycles. The lowest BCUT2D eigenvalue weighted by atomic mass is 9.80. The average molecular weight is 491 g/mol. The highest BCUT2D eigenvalue weighted by molar-refractivity contribution is 7.90. The molecule has 3 aromatic heterocycles. The maximum absolute atomic E-state index is 13.9. The molecule has 0 bridgehead atoms. The minimum atomic E-state index is -5.56. The summed E-state index contributed by atoms with van der Waals surface area (Å²) in [5, 5.41) is 3.53. The quantitative estimate of drug-likeness (QED) is 0.401. The molecule has 0 N–H and O–H groups in total. The van der Waals surface area contributed by atoms with Crippen molar-refractivity contribution in [2.75, 3.05) is 0 Å². The summed E-state index contributed by atoms with van der Waals surface area (Å²) in [7, 11) is -4.32. The first-order chi connectivity index (χ1) is 15.8. The number of carbonyl (C=O) groups excluding carboxylic acids is 1. The van der Waals surface area contributed by atoms with Gasteiger partial charge in [-0.2, -0.15) is 9.78 Å². The van der Waals surface area contributed by atoms with E-state index < -0.39 is 34.2 Å². The Bertz CT molecular complexity index is 1490. The minimum Gasteiger partial charge on any atom is -0.445 e. The lowest BCUT2D eigenvalue weighted by Crippen LogP contribution is -2.33. The van der Waals surface area contributed by atoms with Crippen LogP contribution in [-0.4, -0.2) is 45.8 Å². The van der Waals surface area contributed by atoms with Crippen LogP contribution in [0.25, 0.3) is 22.2 Å². The second kappa shape index (κ2) is 8.01. The van der Waals surface area contributed by atoms with E-state index in [0.717, 1.165) is 4.68 Å². The third-order valence-electron chi connectivity index (χ3n) is 4.79. The molecular weight excluding hydrogens is 472 g/mol. The van der Waals surface area contributed by atoms with Crippen LogP contribution in [0.3, 0.4) is 0 Å². The summed E-state index contributed by atoms with van der Waals surface area (Å²) in [6, 6.07) is 8.31. The molecule has 178 valence electrons. The van der Waals surface area contributed by atoms with Crippen molar-refractivity contribution in [2.45, 2.75) is 31.3 Å². The molecule has 0 radical (unpaired) electrons. The molecule has 0 fully saturated rings. The molecule has 0 atom stereocenters. The van der Waals surface area contributed by atoms with Gasteiger partial charge in [-0.3, -0.25) is 0 Å². The second-order valence-electron chi connectivity index (χ2n) is 8.52. The van der Waals surface area contributed by atoms with Crippen molar-refractivity contribution in [2.24, 2.45) is 0 Å². The summed E-state index contributed by atoms with van der Waals surface area (Å²) in [4.78, 5) is 16.1. The maximum Gasteiger partial charge on any atom is 0.511 e. The Morgan fingerprint density at radius 1 is 1.03 bits per heavy atom. The first-order valence-corrected chi connectivity index (χ1v) is 11.5. The number of aromatic nitrogens is 4. The van der Waals surface area contributed by atoms with Gasteiger partial charge in [0.1, 0.15) is 5.60 Å². The van der Waals surface area contributed by atoms with Crippen LogP contribution < -0.4 is 5.46 Å². The summed E-state index contributed by atoms with van der Waals surface area (Å²) in [6.07, 6.45) is 3.60. The van der Waals surface area contributed by atoms with Gasteiger partial charge in [0.15, 0.2) is 5.65 Å². The third-order valence-corrected chi connectivity index (χ3v) is 6.46. The fraction of sp³-hybridized carbons (Fsp3) is 0.190. The molecule has 8 nitrogen and oxygen atoms in total. The highest BCUT2D eigenvalue weighted by atomic mass is 32.2. The van der Waals surface area contributed by atoms with E-state index >= 15 is 0 Å². The van der Waals surface area contributed by atoms with Crippen molar-refractivity contribution in [1.82, 2.24) is 18.7 Å². The number of nitrogens with zero attached hydrogens (tertiary/aromatic N) is 4. The number of fused-ring (bicyclic) bond motifs is 1. The van der Waals surface area contributed by atoms with E-state index in [2.05, 4.69) is 10.1 Å². The van der Waals surface area contributed by atoms with Gasteiger partial charge in [-0.05, 0) is 50.6 Å². The number of rotatable bonds is 4. The van der Waals surface area contributed by atoms with E-state index in [0.29, 0.717) is 15.7 Å². The van der Waals surface area contributed by atoms with Crippen molar-refractivity contribution in [1.29, 1.82) is 0 Å². The van der Waals surface area contributed by atoms with Gasteiger partial charge < -0.3 is 17.7 Å². The molecule has 0 saturated heterocycles. The molecule has 34 heavy (non-hydrogen) atoms. The fourth-order valence-electron chi connectivity index (χ4n) is 3.29. The predicted molar refractivity (Wildman–Crippen MR) is 120 cm³/mol. The number of hydrogen-bond acceptors (Lipinski definition) is 6. The van der Waals surface area contributed by atoms with Crippen LogP contribution in [0.2, 0.25) is 0 Å².